The maximum atomic E-state index is 13.4. The average Bonchev–Trinajstić information content (AvgIpc) is 3.30. The molecule has 2 heterocycles. The van der Waals surface area contributed by atoms with Gasteiger partial charge in [0.15, 0.2) is 0 Å². The minimum Gasteiger partial charge on any atom is -0.441 e. The molecule has 1 unspecified atom stereocenters. The van der Waals surface area contributed by atoms with E-state index >= 15 is 0 Å². The highest BCUT2D eigenvalue weighted by Gasteiger charge is 2.29. The summed E-state index contributed by atoms with van der Waals surface area (Å²) in [4.78, 5) is 22.2. The predicted octanol–water partition coefficient (Wildman–Crippen LogP) is 4.23. The van der Waals surface area contributed by atoms with E-state index in [4.69, 9.17) is 9.25 Å². The number of hydrogen-bond donors (Lipinski definition) is 1. The van der Waals surface area contributed by atoms with Crippen molar-refractivity contribution in [3.8, 4) is 11.5 Å². The summed E-state index contributed by atoms with van der Waals surface area (Å²) in [5, 5.41) is 6.75. The Morgan fingerprint density at radius 1 is 1.14 bits per heavy atom. The number of halogens is 1. The first kappa shape index (κ1) is 17.9. The Bertz CT molecular complexity index is 1050. The summed E-state index contributed by atoms with van der Waals surface area (Å²) in [6.07, 6.45) is -0.499. The molecule has 2 aromatic carbocycles. The second-order valence-electron chi connectivity index (χ2n) is 6.58. The molecule has 7 heteroatoms. The maximum Gasteiger partial charge on any atom is 0.268 e. The molecule has 0 saturated carbocycles. The number of rotatable bonds is 4. The normalized spacial score (nSPS) is 15.8. The molecule has 1 aromatic heterocycles. The van der Waals surface area contributed by atoms with Crippen molar-refractivity contribution in [2.24, 2.45) is 5.16 Å². The highest BCUT2D eigenvalue weighted by molar-refractivity contribution is 6.06. The molecule has 0 spiro atoms. The molecule has 0 radical (unpaired) electrons. The van der Waals surface area contributed by atoms with E-state index in [1.807, 2.05) is 26.0 Å². The summed E-state index contributed by atoms with van der Waals surface area (Å²) < 4.78 is 19.0. The van der Waals surface area contributed by atoms with Gasteiger partial charge < -0.3 is 14.6 Å². The van der Waals surface area contributed by atoms with Crippen molar-refractivity contribution < 1.29 is 18.4 Å². The van der Waals surface area contributed by atoms with Crippen molar-refractivity contribution >= 4 is 17.3 Å². The maximum absolute atomic E-state index is 13.4. The van der Waals surface area contributed by atoms with Crippen molar-refractivity contribution in [1.82, 2.24) is 4.98 Å². The quantitative estimate of drug-likeness (QED) is 0.736. The lowest BCUT2D eigenvalue weighted by atomic mass is 10.0. The first-order chi connectivity index (χ1) is 13.5. The van der Waals surface area contributed by atoms with Crippen LogP contribution in [0.25, 0.3) is 11.5 Å². The van der Waals surface area contributed by atoms with E-state index in [1.54, 1.807) is 24.3 Å². The summed E-state index contributed by atoms with van der Waals surface area (Å²) >= 11 is 0. The Kier molecular flexibility index (Phi) is 4.65. The number of carbonyl (C=O) groups excluding carboxylic acids is 1. The molecule has 6 nitrogen and oxygen atoms in total. The van der Waals surface area contributed by atoms with E-state index in [9.17, 15) is 9.18 Å². The Morgan fingerprint density at radius 2 is 1.93 bits per heavy atom. The number of nitrogens with one attached hydrogen (secondary N) is 1. The van der Waals surface area contributed by atoms with Gasteiger partial charge in [-0.1, -0.05) is 23.4 Å². The average molecular weight is 379 g/mol. The Labute approximate surface area is 161 Å². The highest BCUT2D eigenvalue weighted by atomic mass is 19.1. The number of nitrogens with zero attached hydrogens (tertiary/aromatic N) is 2. The van der Waals surface area contributed by atoms with E-state index in [-0.39, 0.29) is 18.1 Å². The zero-order chi connectivity index (χ0) is 19.7. The molecule has 0 bridgehead atoms. The number of hydrogen-bond acceptors (Lipinski definition) is 5. The highest BCUT2D eigenvalue weighted by Crippen LogP contribution is 2.25. The smallest absolute Gasteiger partial charge is 0.268 e. The third-order valence-electron chi connectivity index (χ3n) is 4.52. The van der Waals surface area contributed by atoms with Crippen LogP contribution in [-0.4, -0.2) is 22.7 Å². The van der Waals surface area contributed by atoms with Crippen LogP contribution in [-0.2, 0) is 9.63 Å². The molecule has 0 saturated heterocycles. The molecule has 1 amide bonds. The van der Waals surface area contributed by atoms with Crippen LogP contribution < -0.4 is 5.32 Å². The molecule has 1 aliphatic heterocycles. The topological polar surface area (TPSA) is 76.7 Å². The standard InChI is InChI=1S/C21H18FN3O3/c1-12-13(2)27-21(23-12)15-6-4-8-17(10-15)24-20(26)19-11-18(25-28-19)14-5-3-7-16(22)9-14/h3-10,19H,11H2,1-2H3,(H,24,26). The van der Waals surface area contributed by atoms with Gasteiger partial charge in [-0.2, -0.15) is 0 Å². The minimum atomic E-state index is -0.770. The molecular weight excluding hydrogens is 361 g/mol. The van der Waals surface area contributed by atoms with Crippen molar-refractivity contribution in [2.75, 3.05) is 5.32 Å². The zero-order valence-electron chi connectivity index (χ0n) is 15.4. The van der Waals surface area contributed by atoms with Crippen LogP contribution in [0, 0.1) is 19.7 Å². The Hall–Kier alpha value is -3.48. The molecule has 4 rings (SSSR count). The van der Waals surface area contributed by atoms with Gasteiger partial charge in [0, 0.05) is 23.2 Å². The molecule has 1 atom stereocenters. The SMILES string of the molecule is Cc1nc(-c2cccc(NC(=O)C3CC(c4cccc(F)c4)=NO3)c2)oc1C. The lowest BCUT2D eigenvalue weighted by molar-refractivity contribution is -0.125. The van der Waals surface area contributed by atoms with Gasteiger partial charge in [-0.25, -0.2) is 9.37 Å². The first-order valence-electron chi connectivity index (χ1n) is 8.83. The van der Waals surface area contributed by atoms with Crippen LogP contribution in [0.2, 0.25) is 0 Å². The number of amides is 1. The third-order valence-corrected chi connectivity index (χ3v) is 4.52. The van der Waals surface area contributed by atoms with E-state index in [1.165, 1.54) is 12.1 Å². The molecule has 0 aliphatic carbocycles. The fraction of sp³-hybridized carbons (Fsp3) is 0.190. The number of oxime groups is 1. The largest absolute Gasteiger partial charge is 0.441 e. The molecule has 28 heavy (non-hydrogen) atoms. The summed E-state index contributed by atoms with van der Waals surface area (Å²) in [6.45, 7) is 3.73. The third kappa shape index (κ3) is 3.64. The molecule has 1 aliphatic rings. The summed E-state index contributed by atoms with van der Waals surface area (Å²) in [7, 11) is 0. The van der Waals surface area contributed by atoms with Gasteiger partial charge in [-0.15, -0.1) is 0 Å². The number of aryl methyl sites for hydroxylation is 2. The fourth-order valence-corrected chi connectivity index (χ4v) is 2.91. The van der Waals surface area contributed by atoms with Crippen molar-refractivity contribution in [2.45, 2.75) is 26.4 Å². The monoisotopic (exact) mass is 379 g/mol. The van der Waals surface area contributed by atoms with Crippen LogP contribution in [0.5, 0.6) is 0 Å². The Morgan fingerprint density at radius 3 is 2.68 bits per heavy atom. The van der Waals surface area contributed by atoms with Crippen LogP contribution in [0.15, 0.2) is 58.1 Å². The van der Waals surface area contributed by atoms with Crippen molar-refractivity contribution in [1.29, 1.82) is 0 Å². The summed E-state index contributed by atoms with van der Waals surface area (Å²) in [5.74, 6) is 0.569. The molecule has 0 fully saturated rings. The summed E-state index contributed by atoms with van der Waals surface area (Å²) in [5.41, 5.74) is 3.33. The molecule has 142 valence electrons. The number of carbonyl (C=O) groups is 1. The predicted molar refractivity (Wildman–Crippen MR) is 102 cm³/mol. The minimum absolute atomic E-state index is 0.271. The van der Waals surface area contributed by atoms with E-state index < -0.39 is 6.10 Å². The van der Waals surface area contributed by atoms with Crippen LogP contribution >= 0.6 is 0 Å². The van der Waals surface area contributed by atoms with Gasteiger partial charge >= 0.3 is 0 Å². The number of oxazole rings is 1. The van der Waals surface area contributed by atoms with E-state index in [2.05, 4.69) is 15.5 Å². The van der Waals surface area contributed by atoms with Crippen molar-refractivity contribution in [3.05, 3.63) is 71.4 Å². The number of anilines is 1. The number of aromatic nitrogens is 1. The zero-order valence-corrected chi connectivity index (χ0v) is 15.4. The van der Waals surface area contributed by atoms with Gasteiger partial charge in [0.1, 0.15) is 11.6 Å². The van der Waals surface area contributed by atoms with Gasteiger partial charge in [0.25, 0.3) is 5.91 Å². The second kappa shape index (κ2) is 7.26. The lowest BCUT2D eigenvalue weighted by Crippen LogP contribution is -2.28. The molecule has 3 aromatic rings. The lowest BCUT2D eigenvalue weighted by Gasteiger charge is -2.10. The van der Waals surface area contributed by atoms with Crippen LogP contribution in [0.1, 0.15) is 23.4 Å². The van der Waals surface area contributed by atoms with Crippen LogP contribution in [0.4, 0.5) is 10.1 Å². The van der Waals surface area contributed by atoms with Crippen LogP contribution in [0.3, 0.4) is 0 Å². The van der Waals surface area contributed by atoms with Gasteiger partial charge in [-0.05, 0) is 44.2 Å². The van der Waals surface area contributed by atoms with Crippen molar-refractivity contribution in [3.63, 3.8) is 0 Å². The molecule has 1 N–H and O–H groups in total. The number of benzene rings is 2. The molecular formula is C21H18FN3O3. The fourth-order valence-electron chi connectivity index (χ4n) is 2.91. The van der Waals surface area contributed by atoms with E-state index in [0.717, 1.165) is 17.0 Å². The summed E-state index contributed by atoms with van der Waals surface area (Å²) in [6, 6.07) is 13.3. The van der Waals surface area contributed by atoms with Gasteiger partial charge in [0.2, 0.25) is 12.0 Å². The van der Waals surface area contributed by atoms with E-state index in [0.29, 0.717) is 22.9 Å². The van der Waals surface area contributed by atoms with Gasteiger partial charge in [-0.3, -0.25) is 4.79 Å². The first-order valence-corrected chi connectivity index (χ1v) is 8.83. The second-order valence-corrected chi connectivity index (χ2v) is 6.58. The van der Waals surface area contributed by atoms with Gasteiger partial charge in [0.05, 0.1) is 11.4 Å². The Balaban J connectivity index is 1.44.